The van der Waals surface area contributed by atoms with Gasteiger partial charge in [-0.1, -0.05) is 41.6 Å². The maximum absolute atomic E-state index is 6.02. The predicted molar refractivity (Wildman–Crippen MR) is 105 cm³/mol. The zero-order valence-corrected chi connectivity index (χ0v) is 15.5. The van der Waals surface area contributed by atoms with Gasteiger partial charge >= 0.3 is 0 Å². The molecule has 0 spiro atoms. The van der Waals surface area contributed by atoms with Gasteiger partial charge in [-0.3, -0.25) is 4.90 Å². The molecule has 0 N–H and O–H groups in total. The number of rotatable bonds is 4. The van der Waals surface area contributed by atoms with Crippen molar-refractivity contribution >= 4 is 16.9 Å². The topological polar surface area (TPSA) is 55.5 Å². The number of benzene rings is 1. The van der Waals surface area contributed by atoms with Gasteiger partial charge < -0.3 is 4.74 Å². The van der Waals surface area contributed by atoms with Gasteiger partial charge in [-0.25, -0.2) is 9.50 Å². The first-order valence-corrected chi connectivity index (χ1v) is 9.87. The fourth-order valence-electron chi connectivity index (χ4n) is 3.48. The molecule has 0 saturated carbocycles. The van der Waals surface area contributed by atoms with E-state index < -0.39 is 0 Å². The van der Waals surface area contributed by atoms with E-state index in [1.165, 1.54) is 5.56 Å². The fourth-order valence-corrected chi connectivity index (χ4v) is 4.14. The lowest BCUT2D eigenvalue weighted by Crippen LogP contribution is -2.38. The Balaban J connectivity index is 1.39. The van der Waals surface area contributed by atoms with E-state index in [-0.39, 0.29) is 6.10 Å². The summed E-state index contributed by atoms with van der Waals surface area (Å²) in [5.41, 5.74) is 4.18. The van der Waals surface area contributed by atoms with E-state index >= 15 is 0 Å². The zero-order chi connectivity index (χ0) is 18.1. The minimum absolute atomic E-state index is 0.0706. The van der Waals surface area contributed by atoms with Crippen LogP contribution < -0.4 is 0 Å². The van der Waals surface area contributed by atoms with Gasteiger partial charge in [0.05, 0.1) is 18.7 Å². The Morgan fingerprint density at radius 2 is 2.04 bits per heavy atom. The lowest BCUT2D eigenvalue weighted by atomic mass is 10.1. The smallest absolute Gasteiger partial charge is 0.121 e. The molecule has 4 heterocycles. The Labute approximate surface area is 161 Å². The average molecular weight is 377 g/mol. The molecule has 1 aromatic carbocycles. The van der Waals surface area contributed by atoms with Crippen LogP contribution in [0, 0.1) is 0 Å². The van der Waals surface area contributed by atoms with Crippen LogP contribution in [0.4, 0.5) is 0 Å². The number of ether oxygens (including phenoxy) is 1. The highest BCUT2D eigenvalue weighted by molar-refractivity contribution is 7.09. The average Bonchev–Trinajstić information content (AvgIpc) is 3.38. The van der Waals surface area contributed by atoms with E-state index in [0.29, 0.717) is 6.61 Å². The van der Waals surface area contributed by atoms with Crippen molar-refractivity contribution in [1.29, 1.82) is 0 Å². The number of thiazole rings is 1. The van der Waals surface area contributed by atoms with Crippen LogP contribution in [0.3, 0.4) is 0 Å². The Morgan fingerprint density at radius 1 is 1.11 bits per heavy atom. The summed E-state index contributed by atoms with van der Waals surface area (Å²) in [5.74, 6) is 0. The summed E-state index contributed by atoms with van der Waals surface area (Å²) in [6.07, 6.45) is 3.81. The van der Waals surface area contributed by atoms with Gasteiger partial charge in [0.1, 0.15) is 16.8 Å². The van der Waals surface area contributed by atoms with Gasteiger partial charge in [0, 0.05) is 36.4 Å². The first-order chi connectivity index (χ1) is 13.4. The van der Waals surface area contributed by atoms with E-state index in [0.717, 1.165) is 41.4 Å². The molecule has 1 atom stereocenters. The third-order valence-electron chi connectivity index (χ3n) is 4.85. The van der Waals surface area contributed by atoms with Gasteiger partial charge in [0.15, 0.2) is 0 Å². The number of hydrogen-bond donors (Lipinski definition) is 0. The molecule has 1 aliphatic heterocycles. The van der Waals surface area contributed by atoms with Crippen molar-refractivity contribution in [3.05, 3.63) is 70.9 Å². The second kappa shape index (κ2) is 7.19. The van der Waals surface area contributed by atoms with Crippen LogP contribution in [0.1, 0.15) is 16.8 Å². The summed E-state index contributed by atoms with van der Waals surface area (Å²) in [4.78, 5) is 6.76. The van der Waals surface area contributed by atoms with Crippen LogP contribution in [-0.4, -0.2) is 44.4 Å². The van der Waals surface area contributed by atoms with Crippen molar-refractivity contribution in [2.45, 2.75) is 12.6 Å². The molecule has 7 heteroatoms. The molecule has 3 aromatic heterocycles. The highest BCUT2D eigenvalue weighted by atomic mass is 32.1. The molecule has 0 amide bonds. The quantitative estimate of drug-likeness (QED) is 0.545. The highest BCUT2D eigenvalue weighted by Crippen LogP contribution is 2.27. The normalized spacial score (nSPS) is 18.1. The summed E-state index contributed by atoms with van der Waals surface area (Å²) in [7, 11) is 0. The number of nitrogens with zero attached hydrogens (tertiary/aromatic N) is 5. The molecular weight excluding hydrogens is 358 g/mol. The Kier molecular flexibility index (Phi) is 4.41. The van der Waals surface area contributed by atoms with Crippen molar-refractivity contribution in [1.82, 2.24) is 24.7 Å². The Hall–Kier alpha value is -2.61. The third-order valence-corrected chi connectivity index (χ3v) is 5.61. The summed E-state index contributed by atoms with van der Waals surface area (Å²) < 4.78 is 7.87. The van der Waals surface area contributed by atoms with Crippen LogP contribution in [0.15, 0.2) is 60.2 Å². The predicted octanol–water partition coefficient (Wildman–Crippen LogP) is 3.43. The van der Waals surface area contributed by atoms with Crippen molar-refractivity contribution in [3.63, 3.8) is 0 Å². The van der Waals surface area contributed by atoms with Crippen molar-refractivity contribution in [2.24, 2.45) is 0 Å². The molecular formula is C20H19N5OS. The lowest BCUT2D eigenvalue weighted by Gasteiger charge is -2.31. The number of pyridine rings is 1. The van der Waals surface area contributed by atoms with Gasteiger partial charge in [-0.15, -0.1) is 16.4 Å². The molecule has 4 aromatic rings. The molecule has 5 rings (SSSR count). The van der Waals surface area contributed by atoms with Gasteiger partial charge in [-0.2, -0.15) is 0 Å². The van der Waals surface area contributed by atoms with Crippen molar-refractivity contribution in [3.8, 4) is 11.1 Å². The van der Waals surface area contributed by atoms with Crippen molar-refractivity contribution < 1.29 is 4.74 Å². The van der Waals surface area contributed by atoms with E-state index in [9.17, 15) is 0 Å². The molecule has 1 aliphatic rings. The van der Waals surface area contributed by atoms with Gasteiger partial charge in [0.2, 0.25) is 0 Å². The first-order valence-electron chi connectivity index (χ1n) is 8.99. The third kappa shape index (κ3) is 3.37. The fraction of sp³-hybridized carbons (Fsp3) is 0.250. The minimum atomic E-state index is -0.0706. The molecule has 0 radical (unpaired) electrons. The lowest BCUT2D eigenvalue weighted by molar-refractivity contribution is -0.0343. The molecule has 0 unspecified atom stereocenters. The maximum Gasteiger partial charge on any atom is 0.121 e. The molecule has 0 aliphatic carbocycles. The van der Waals surface area contributed by atoms with Crippen LogP contribution in [-0.2, 0) is 11.3 Å². The van der Waals surface area contributed by atoms with E-state index in [4.69, 9.17) is 4.74 Å². The number of hydrogen-bond acceptors (Lipinski definition) is 6. The second-order valence-corrected chi connectivity index (χ2v) is 7.59. The SMILES string of the molecule is c1ccc(-c2ccc3c([C@@H]4CN(Cc5nccs5)CCO4)nnn3c2)cc1. The first kappa shape index (κ1) is 16.6. The summed E-state index contributed by atoms with van der Waals surface area (Å²) in [5, 5.41) is 11.9. The second-order valence-electron chi connectivity index (χ2n) is 6.61. The Morgan fingerprint density at radius 3 is 2.89 bits per heavy atom. The van der Waals surface area contributed by atoms with E-state index in [2.05, 4.69) is 44.5 Å². The van der Waals surface area contributed by atoms with E-state index in [1.807, 2.05) is 40.5 Å². The largest absolute Gasteiger partial charge is 0.369 e. The van der Waals surface area contributed by atoms with Crippen LogP contribution >= 0.6 is 11.3 Å². The number of morpholine rings is 1. The summed E-state index contributed by atoms with van der Waals surface area (Å²) >= 11 is 1.69. The Bertz CT molecular complexity index is 1030. The molecule has 136 valence electrons. The van der Waals surface area contributed by atoms with Gasteiger partial charge in [0.25, 0.3) is 0 Å². The summed E-state index contributed by atoms with van der Waals surface area (Å²) in [6.45, 7) is 3.26. The van der Waals surface area contributed by atoms with Crippen LogP contribution in [0.5, 0.6) is 0 Å². The van der Waals surface area contributed by atoms with Crippen LogP contribution in [0.2, 0.25) is 0 Å². The van der Waals surface area contributed by atoms with Crippen LogP contribution in [0.25, 0.3) is 16.6 Å². The molecule has 6 nitrogen and oxygen atoms in total. The molecule has 1 saturated heterocycles. The molecule has 1 fully saturated rings. The zero-order valence-electron chi connectivity index (χ0n) is 14.7. The molecule has 27 heavy (non-hydrogen) atoms. The standard InChI is InChI=1S/C20H19N5OS/c1-2-4-15(5-3-1)16-6-7-17-20(22-23-25(17)12-16)18-13-24(9-10-26-18)14-19-21-8-11-27-19/h1-8,11-12,18H,9-10,13-14H2/t18-/m0/s1. The number of fused-ring (bicyclic) bond motifs is 1. The van der Waals surface area contributed by atoms with Gasteiger partial charge in [-0.05, 0) is 11.6 Å². The number of aromatic nitrogens is 4. The molecule has 0 bridgehead atoms. The summed E-state index contributed by atoms with van der Waals surface area (Å²) in [6, 6.07) is 14.5. The maximum atomic E-state index is 6.02. The highest BCUT2D eigenvalue weighted by Gasteiger charge is 2.26. The van der Waals surface area contributed by atoms with E-state index in [1.54, 1.807) is 11.3 Å². The van der Waals surface area contributed by atoms with Crippen molar-refractivity contribution in [2.75, 3.05) is 19.7 Å². The minimum Gasteiger partial charge on any atom is -0.369 e. The monoisotopic (exact) mass is 377 g/mol.